The number of hydrogen-bond donors (Lipinski definition) is 2. The summed E-state index contributed by atoms with van der Waals surface area (Å²) in [4.78, 5) is 7.56. The summed E-state index contributed by atoms with van der Waals surface area (Å²) < 4.78 is 11.3. The average Bonchev–Trinajstić information content (AvgIpc) is 3.47. The number of hydrogen-bond acceptors (Lipinski definition) is 4. The lowest BCUT2D eigenvalue weighted by atomic mass is 9.96. The van der Waals surface area contributed by atoms with Crippen molar-refractivity contribution in [1.82, 2.24) is 15.5 Å². The Morgan fingerprint density at radius 1 is 1.24 bits per heavy atom. The topological polar surface area (TPSA) is 58.1 Å². The fourth-order valence-electron chi connectivity index (χ4n) is 4.77. The smallest absolute Gasteiger partial charge is 0.191 e. The molecule has 4 unspecified atom stereocenters. The molecule has 0 aromatic heterocycles. The molecule has 29 heavy (non-hydrogen) atoms. The van der Waals surface area contributed by atoms with Crippen LogP contribution in [-0.2, 0) is 4.74 Å². The van der Waals surface area contributed by atoms with E-state index in [4.69, 9.17) is 14.5 Å². The predicted octanol–water partition coefficient (Wildman–Crippen LogP) is 3.33. The van der Waals surface area contributed by atoms with Crippen LogP contribution in [0.25, 0.3) is 0 Å². The van der Waals surface area contributed by atoms with Gasteiger partial charge >= 0.3 is 0 Å². The highest BCUT2D eigenvalue weighted by atomic mass is 127. The van der Waals surface area contributed by atoms with Gasteiger partial charge in [0.15, 0.2) is 5.96 Å². The second-order valence-electron chi connectivity index (χ2n) is 8.11. The van der Waals surface area contributed by atoms with Gasteiger partial charge in [0, 0.05) is 6.54 Å². The number of fused-ring (bicyclic) bond motifs is 2. The molecule has 0 spiro atoms. The van der Waals surface area contributed by atoms with Crippen LogP contribution in [0.15, 0.2) is 29.3 Å². The summed E-state index contributed by atoms with van der Waals surface area (Å²) in [5, 5.41) is 7.07. The maximum atomic E-state index is 6.00. The lowest BCUT2D eigenvalue weighted by Gasteiger charge is -2.28. The molecule has 3 saturated heterocycles. The van der Waals surface area contributed by atoms with Crippen molar-refractivity contribution in [2.24, 2.45) is 4.99 Å². The molecule has 0 saturated carbocycles. The number of halogens is 1. The number of ether oxygens (including phenoxy) is 2. The molecule has 3 aliphatic heterocycles. The Kier molecular flexibility index (Phi) is 8.44. The van der Waals surface area contributed by atoms with E-state index in [9.17, 15) is 0 Å². The number of aliphatic imine (C=N–C) groups is 1. The molecule has 1 aromatic carbocycles. The minimum atomic E-state index is 0. The maximum absolute atomic E-state index is 6.00. The first kappa shape index (κ1) is 22.6. The van der Waals surface area contributed by atoms with Crippen LogP contribution >= 0.6 is 24.0 Å². The highest BCUT2D eigenvalue weighted by Gasteiger charge is 2.41. The van der Waals surface area contributed by atoms with E-state index in [1.54, 1.807) is 7.11 Å². The lowest BCUT2D eigenvalue weighted by molar-refractivity contribution is 0.0992. The molecule has 6 nitrogen and oxygen atoms in total. The molecule has 3 fully saturated rings. The number of benzene rings is 1. The van der Waals surface area contributed by atoms with E-state index in [1.807, 2.05) is 0 Å². The van der Waals surface area contributed by atoms with Crippen molar-refractivity contribution >= 4 is 29.9 Å². The van der Waals surface area contributed by atoms with Crippen molar-refractivity contribution in [3.05, 3.63) is 29.8 Å². The molecule has 2 N–H and O–H groups in total. The zero-order valence-electron chi connectivity index (χ0n) is 17.6. The quantitative estimate of drug-likeness (QED) is 0.332. The van der Waals surface area contributed by atoms with E-state index in [-0.39, 0.29) is 24.0 Å². The van der Waals surface area contributed by atoms with Gasteiger partial charge in [0.2, 0.25) is 0 Å². The van der Waals surface area contributed by atoms with Crippen LogP contribution in [-0.4, -0.2) is 62.4 Å². The summed E-state index contributed by atoms with van der Waals surface area (Å²) in [6, 6.07) is 9.17. The lowest BCUT2D eigenvalue weighted by Crippen LogP contribution is -2.47. The molecule has 0 radical (unpaired) electrons. The normalized spacial score (nSPS) is 27.5. The first-order chi connectivity index (χ1) is 13.8. The van der Waals surface area contributed by atoms with E-state index in [1.165, 1.54) is 31.2 Å². The van der Waals surface area contributed by atoms with Gasteiger partial charge in [-0.1, -0.05) is 12.1 Å². The maximum Gasteiger partial charge on any atom is 0.191 e. The molecule has 7 heteroatoms. The number of rotatable bonds is 7. The Balaban J connectivity index is 0.00000240. The predicted molar refractivity (Wildman–Crippen MR) is 127 cm³/mol. The molecule has 4 atom stereocenters. The van der Waals surface area contributed by atoms with Gasteiger partial charge in [0.25, 0.3) is 0 Å². The Morgan fingerprint density at radius 2 is 2.00 bits per heavy atom. The van der Waals surface area contributed by atoms with E-state index >= 15 is 0 Å². The molecule has 2 bridgehead atoms. The molecule has 1 aromatic rings. The monoisotopic (exact) mass is 514 g/mol. The minimum absolute atomic E-state index is 0. The third-order valence-corrected chi connectivity index (χ3v) is 6.28. The van der Waals surface area contributed by atoms with E-state index in [2.05, 4.69) is 46.7 Å². The van der Waals surface area contributed by atoms with Gasteiger partial charge in [-0.3, -0.25) is 9.89 Å². The molecule has 162 valence electrons. The summed E-state index contributed by atoms with van der Waals surface area (Å²) >= 11 is 0. The minimum Gasteiger partial charge on any atom is -0.497 e. The molecule has 0 aliphatic carbocycles. The summed E-state index contributed by atoms with van der Waals surface area (Å²) in [6.07, 6.45) is 6.83. The van der Waals surface area contributed by atoms with Crippen LogP contribution < -0.4 is 15.4 Å². The van der Waals surface area contributed by atoms with Gasteiger partial charge in [-0.15, -0.1) is 24.0 Å². The highest BCUT2D eigenvalue weighted by molar-refractivity contribution is 14.0. The van der Waals surface area contributed by atoms with Crippen LogP contribution in [0.3, 0.4) is 0 Å². The molecule has 3 heterocycles. The van der Waals surface area contributed by atoms with Crippen molar-refractivity contribution in [3.63, 3.8) is 0 Å². The second kappa shape index (κ2) is 10.8. The summed E-state index contributed by atoms with van der Waals surface area (Å²) in [5.41, 5.74) is 1.31. The Labute approximate surface area is 191 Å². The van der Waals surface area contributed by atoms with E-state index < -0.39 is 0 Å². The van der Waals surface area contributed by atoms with Crippen LogP contribution in [0.1, 0.15) is 50.6 Å². The van der Waals surface area contributed by atoms with Gasteiger partial charge in [-0.25, -0.2) is 0 Å². The number of nitrogens with zero attached hydrogens (tertiary/aromatic N) is 2. The number of nitrogens with one attached hydrogen (secondary N) is 2. The van der Waals surface area contributed by atoms with Crippen molar-refractivity contribution < 1.29 is 9.47 Å². The molecule has 4 rings (SSSR count). The second-order valence-corrected chi connectivity index (χ2v) is 8.11. The summed E-state index contributed by atoms with van der Waals surface area (Å²) in [7, 11) is 1.71. The molecule has 0 amide bonds. The van der Waals surface area contributed by atoms with Crippen molar-refractivity contribution in [2.75, 3.05) is 33.3 Å². The third kappa shape index (κ3) is 5.55. The SMILES string of the molecule is CCNC(=NCC(c1ccc(OC)cc1)N1CCCC1)NC1CC2CCC1O2.I. The van der Waals surface area contributed by atoms with Crippen molar-refractivity contribution in [3.8, 4) is 5.75 Å². The fraction of sp³-hybridized carbons (Fsp3) is 0.682. The van der Waals surface area contributed by atoms with Crippen LogP contribution in [0.5, 0.6) is 5.75 Å². The zero-order valence-corrected chi connectivity index (χ0v) is 19.9. The Bertz CT molecular complexity index is 663. The van der Waals surface area contributed by atoms with E-state index in [0.717, 1.165) is 44.3 Å². The largest absolute Gasteiger partial charge is 0.497 e. The van der Waals surface area contributed by atoms with Gasteiger partial charge in [0.1, 0.15) is 5.75 Å². The molecular weight excluding hydrogens is 479 g/mol. The van der Waals surface area contributed by atoms with Crippen molar-refractivity contribution in [2.45, 2.75) is 63.3 Å². The van der Waals surface area contributed by atoms with E-state index in [0.29, 0.717) is 24.3 Å². The fourth-order valence-corrected chi connectivity index (χ4v) is 4.77. The number of guanidine groups is 1. The number of methoxy groups -OCH3 is 1. The van der Waals surface area contributed by atoms with Gasteiger partial charge in [0.05, 0.1) is 37.9 Å². The van der Waals surface area contributed by atoms with Gasteiger partial charge in [-0.2, -0.15) is 0 Å². The third-order valence-electron chi connectivity index (χ3n) is 6.28. The van der Waals surface area contributed by atoms with Crippen molar-refractivity contribution in [1.29, 1.82) is 0 Å². The van der Waals surface area contributed by atoms with Gasteiger partial charge in [-0.05, 0) is 69.8 Å². The first-order valence-corrected chi connectivity index (χ1v) is 10.8. The summed E-state index contributed by atoms with van der Waals surface area (Å²) in [6.45, 7) is 6.04. The van der Waals surface area contributed by atoms with Crippen LogP contribution in [0.2, 0.25) is 0 Å². The number of likely N-dealkylation sites (tertiary alicyclic amines) is 1. The zero-order chi connectivity index (χ0) is 19.3. The average molecular weight is 514 g/mol. The van der Waals surface area contributed by atoms with Crippen LogP contribution in [0, 0.1) is 0 Å². The Hall–Kier alpha value is -1.06. The molecular formula is C22H35IN4O2. The van der Waals surface area contributed by atoms with Crippen LogP contribution in [0.4, 0.5) is 0 Å². The van der Waals surface area contributed by atoms with Gasteiger partial charge < -0.3 is 20.1 Å². The first-order valence-electron chi connectivity index (χ1n) is 10.8. The standard InChI is InChI=1S/C22H34N4O2.HI/c1-3-23-22(25-19-14-18-10-11-21(19)28-18)24-15-20(26-12-4-5-13-26)16-6-8-17(27-2)9-7-16;/h6-9,18-21H,3-5,10-15H2,1-2H3,(H2,23,24,25);1H. The Morgan fingerprint density at radius 3 is 2.59 bits per heavy atom. The molecule has 3 aliphatic rings. The summed E-state index contributed by atoms with van der Waals surface area (Å²) in [5.74, 6) is 1.82. The highest BCUT2D eigenvalue weighted by Crippen LogP contribution is 2.34.